The van der Waals surface area contributed by atoms with E-state index in [1.165, 1.54) is 17.7 Å². The predicted molar refractivity (Wildman–Crippen MR) is 77.8 cm³/mol. The maximum absolute atomic E-state index is 13.3. The van der Waals surface area contributed by atoms with Crippen molar-refractivity contribution in [2.75, 3.05) is 0 Å². The summed E-state index contributed by atoms with van der Waals surface area (Å²) in [6.07, 6.45) is 0. The minimum Gasteiger partial charge on any atom is -0.207 e. The molecule has 100 valence electrons. The van der Waals surface area contributed by atoms with Gasteiger partial charge in [-0.2, -0.15) is 0 Å². The fraction of sp³-hybridized carbons (Fsp3) is 0.250. The highest BCUT2D eigenvalue weighted by atomic mass is 79.9. The Bertz CT molecular complexity index is 577. The van der Waals surface area contributed by atoms with E-state index in [0.29, 0.717) is 5.56 Å². The number of aryl methyl sites for hydroxylation is 3. The molecule has 0 spiro atoms. The number of alkyl halides is 1. The van der Waals surface area contributed by atoms with Crippen molar-refractivity contribution in [3.63, 3.8) is 0 Å². The van der Waals surface area contributed by atoms with Crippen molar-refractivity contribution in [2.45, 2.75) is 25.6 Å². The summed E-state index contributed by atoms with van der Waals surface area (Å²) >= 11 is 3.56. The van der Waals surface area contributed by atoms with Crippen molar-refractivity contribution in [1.82, 2.24) is 0 Å². The number of halogens is 3. The third kappa shape index (κ3) is 3.03. The van der Waals surface area contributed by atoms with Gasteiger partial charge in [-0.05, 0) is 55.2 Å². The number of benzene rings is 2. The first kappa shape index (κ1) is 14.2. The monoisotopic (exact) mass is 324 g/mol. The van der Waals surface area contributed by atoms with E-state index in [4.69, 9.17) is 0 Å². The maximum Gasteiger partial charge on any atom is 0.126 e. The molecule has 0 saturated carbocycles. The van der Waals surface area contributed by atoms with Crippen LogP contribution in [0.3, 0.4) is 0 Å². The van der Waals surface area contributed by atoms with Crippen LogP contribution in [0, 0.1) is 32.4 Å². The Labute approximate surface area is 120 Å². The van der Waals surface area contributed by atoms with E-state index in [2.05, 4.69) is 28.1 Å². The molecular weight excluding hydrogens is 310 g/mol. The van der Waals surface area contributed by atoms with Gasteiger partial charge in [0.25, 0.3) is 0 Å². The first-order chi connectivity index (χ1) is 8.88. The lowest BCUT2D eigenvalue weighted by Gasteiger charge is -2.17. The highest BCUT2D eigenvalue weighted by molar-refractivity contribution is 9.09. The van der Waals surface area contributed by atoms with E-state index in [-0.39, 0.29) is 4.83 Å². The van der Waals surface area contributed by atoms with Crippen LogP contribution in [0.25, 0.3) is 0 Å². The molecule has 0 aromatic heterocycles. The van der Waals surface area contributed by atoms with Crippen LogP contribution in [0.2, 0.25) is 0 Å². The number of hydrogen-bond donors (Lipinski definition) is 0. The topological polar surface area (TPSA) is 0 Å². The molecule has 0 aliphatic rings. The lowest BCUT2D eigenvalue weighted by atomic mass is 9.94. The molecule has 0 saturated heterocycles. The minimum atomic E-state index is -0.554. The average Bonchev–Trinajstić information content (AvgIpc) is 2.25. The quantitative estimate of drug-likeness (QED) is 0.651. The van der Waals surface area contributed by atoms with Crippen LogP contribution in [-0.2, 0) is 0 Å². The molecule has 0 heterocycles. The van der Waals surface area contributed by atoms with Crippen molar-refractivity contribution in [3.05, 3.63) is 69.8 Å². The SMILES string of the molecule is Cc1cc(C)c(C(Br)c2cc(F)cc(F)c2)c(C)c1. The zero-order valence-electron chi connectivity index (χ0n) is 11.1. The van der Waals surface area contributed by atoms with E-state index in [9.17, 15) is 8.78 Å². The highest BCUT2D eigenvalue weighted by Crippen LogP contribution is 2.36. The van der Waals surface area contributed by atoms with E-state index in [1.54, 1.807) is 0 Å². The van der Waals surface area contributed by atoms with Crippen LogP contribution in [-0.4, -0.2) is 0 Å². The summed E-state index contributed by atoms with van der Waals surface area (Å²) in [5.41, 5.74) is 5.07. The van der Waals surface area contributed by atoms with Gasteiger partial charge < -0.3 is 0 Å². The fourth-order valence-corrected chi connectivity index (χ4v) is 3.47. The van der Waals surface area contributed by atoms with Crippen molar-refractivity contribution >= 4 is 15.9 Å². The molecular formula is C16H15BrF2. The minimum absolute atomic E-state index is 0.210. The van der Waals surface area contributed by atoms with Gasteiger partial charge in [0.05, 0.1) is 4.83 Å². The van der Waals surface area contributed by atoms with Crippen LogP contribution in [0.4, 0.5) is 8.78 Å². The summed E-state index contributed by atoms with van der Waals surface area (Å²) in [6.45, 7) is 6.06. The molecule has 0 aliphatic carbocycles. The molecule has 0 amide bonds. The first-order valence-electron chi connectivity index (χ1n) is 6.06. The van der Waals surface area contributed by atoms with Crippen molar-refractivity contribution in [2.24, 2.45) is 0 Å². The lowest BCUT2D eigenvalue weighted by Crippen LogP contribution is -2.01. The Morgan fingerprint density at radius 3 is 1.79 bits per heavy atom. The van der Waals surface area contributed by atoms with Gasteiger partial charge in [0.15, 0.2) is 0 Å². The fourth-order valence-electron chi connectivity index (χ4n) is 2.48. The van der Waals surface area contributed by atoms with Gasteiger partial charge in [0, 0.05) is 6.07 Å². The van der Waals surface area contributed by atoms with E-state index in [0.717, 1.165) is 22.8 Å². The molecule has 2 rings (SSSR count). The standard InChI is InChI=1S/C16H15BrF2/c1-9-4-10(2)15(11(3)5-9)16(17)12-6-13(18)8-14(19)7-12/h4-8,16H,1-3H3. The second-order valence-corrected chi connectivity index (χ2v) is 5.79. The molecule has 0 bridgehead atoms. The molecule has 3 heteroatoms. The van der Waals surface area contributed by atoms with Gasteiger partial charge in [-0.15, -0.1) is 0 Å². The van der Waals surface area contributed by atoms with Crippen molar-refractivity contribution in [3.8, 4) is 0 Å². The molecule has 0 fully saturated rings. The Morgan fingerprint density at radius 1 is 0.842 bits per heavy atom. The Hall–Kier alpha value is -1.22. The Balaban J connectivity index is 2.52. The molecule has 1 atom stereocenters. The molecule has 0 nitrogen and oxygen atoms in total. The van der Waals surface area contributed by atoms with E-state index >= 15 is 0 Å². The Kier molecular flexibility index (Phi) is 4.04. The smallest absolute Gasteiger partial charge is 0.126 e. The van der Waals surface area contributed by atoms with Gasteiger partial charge in [-0.3, -0.25) is 0 Å². The summed E-state index contributed by atoms with van der Waals surface area (Å²) in [6, 6.07) is 7.76. The van der Waals surface area contributed by atoms with Crippen molar-refractivity contribution < 1.29 is 8.78 Å². The normalized spacial score (nSPS) is 12.5. The van der Waals surface area contributed by atoms with Gasteiger partial charge >= 0.3 is 0 Å². The van der Waals surface area contributed by atoms with Crippen LogP contribution in [0.15, 0.2) is 30.3 Å². The summed E-state index contributed by atoms with van der Waals surface area (Å²) in [5, 5.41) is 0. The zero-order chi connectivity index (χ0) is 14.2. The first-order valence-corrected chi connectivity index (χ1v) is 6.98. The average molecular weight is 325 g/mol. The highest BCUT2D eigenvalue weighted by Gasteiger charge is 2.17. The molecule has 2 aromatic rings. The Morgan fingerprint density at radius 2 is 1.32 bits per heavy atom. The molecule has 1 unspecified atom stereocenters. The maximum atomic E-state index is 13.3. The van der Waals surface area contributed by atoms with Crippen LogP contribution in [0.1, 0.15) is 32.6 Å². The lowest BCUT2D eigenvalue weighted by molar-refractivity contribution is 0.580. The van der Waals surface area contributed by atoms with Gasteiger partial charge in [0.1, 0.15) is 11.6 Å². The van der Waals surface area contributed by atoms with Gasteiger partial charge in [-0.1, -0.05) is 33.6 Å². The predicted octanol–water partition coefficient (Wildman–Crippen LogP) is 5.37. The second kappa shape index (κ2) is 5.41. The summed E-state index contributed by atoms with van der Waals surface area (Å²) in [5.74, 6) is -1.11. The summed E-state index contributed by atoms with van der Waals surface area (Å²) in [4.78, 5) is -0.210. The third-order valence-electron chi connectivity index (χ3n) is 3.17. The van der Waals surface area contributed by atoms with Crippen LogP contribution >= 0.6 is 15.9 Å². The molecule has 19 heavy (non-hydrogen) atoms. The van der Waals surface area contributed by atoms with Gasteiger partial charge in [-0.25, -0.2) is 8.78 Å². The molecule has 0 radical (unpaired) electrons. The summed E-state index contributed by atoms with van der Waals surface area (Å²) in [7, 11) is 0. The van der Waals surface area contributed by atoms with Crippen LogP contribution in [0.5, 0.6) is 0 Å². The van der Waals surface area contributed by atoms with Gasteiger partial charge in [0.2, 0.25) is 0 Å². The van der Waals surface area contributed by atoms with Crippen molar-refractivity contribution in [1.29, 1.82) is 0 Å². The van der Waals surface area contributed by atoms with E-state index in [1.807, 2.05) is 20.8 Å². The second-order valence-electron chi connectivity index (χ2n) is 4.88. The third-order valence-corrected chi connectivity index (χ3v) is 4.16. The number of hydrogen-bond acceptors (Lipinski definition) is 0. The zero-order valence-corrected chi connectivity index (χ0v) is 12.7. The van der Waals surface area contributed by atoms with E-state index < -0.39 is 11.6 Å². The molecule has 0 aliphatic heterocycles. The molecule has 0 N–H and O–H groups in total. The number of rotatable bonds is 2. The summed E-state index contributed by atoms with van der Waals surface area (Å²) < 4.78 is 26.6. The largest absolute Gasteiger partial charge is 0.207 e. The molecule has 2 aromatic carbocycles. The van der Waals surface area contributed by atoms with Crippen LogP contribution < -0.4 is 0 Å².